The highest BCUT2D eigenvalue weighted by Crippen LogP contribution is 2.37. The smallest absolute Gasteiger partial charge is 0.0505 e. The maximum Gasteiger partial charge on any atom is 0.0505 e. The first-order valence-electron chi connectivity index (χ1n) is 12.2. The van der Waals surface area contributed by atoms with Crippen molar-refractivity contribution >= 4 is 0 Å². The molecule has 2 bridgehead atoms. The van der Waals surface area contributed by atoms with Crippen molar-refractivity contribution in [2.75, 3.05) is 78.9 Å². The van der Waals surface area contributed by atoms with Crippen LogP contribution >= 0.6 is 0 Å². The molecule has 0 radical (unpaired) electrons. The van der Waals surface area contributed by atoms with Crippen molar-refractivity contribution in [1.29, 1.82) is 0 Å². The number of hydrogen-bond acceptors (Lipinski definition) is 7. The molecule has 0 aromatic carbocycles. The van der Waals surface area contributed by atoms with Crippen LogP contribution in [0.15, 0.2) is 0 Å². The Labute approximate surface area is 186 Å². The summed E-state index contributed by atoms with van der Waals surface area (Å²) in [5.41, 5.74) is 0.354. The van der Waals surface area contributed by atoms with Gasteiger partial charge in [-0.1, -0.05) is 41.5 Å². The largest absolute Gasteiger partial charge is 0.316 e. The first-order chi connectivity index (χ1) is 14.2. The lowest BCUT2D eigenvalue weighted by molar-refractivity contribution is 0.0769. The van der Waals surface area contributed by atoms with Crippen LogP contribution in [0, 0.1) is 28.6 Å². The third kappa shape index (κ3) is 8.69. The number of rotatable bonds is 0. The molecule has 30 heavy (non-hydrogen) atoms. The van der Waals surface area contributed by atoms with Crippen molar-refractivity contribution in [2.24, 2.45) is 28.6 Å². The molecule has 3 atom stereocenters. The molecule has 3 fully saturated rings. The maximum absolute atomic E-state index is 3.84. The van der Waals surface area contributed by atoms with Gasteiger partial charge in [-0.25, -0.2) is 0 Å². The van der Waals surface area contributed by atoms with Crippen molar-refractivity contribution in [3.63, 3.8) is 0 Å². The van der Waals surface area contributed by atoms with Gasteiger partial charge in [-0.2, -0.15) is 0 Å². The molecule has 3 heterocycles. The minimum absolute atomic E-state index is 0.158. The van der Waals surface area contributed by atoms with E-state index in [-0.39, 0.29) is 10.8 Å². The average molecular weight is 426 g/mol. The topological polar surface area (TPSA) is 75.4 Å². The minimum atomic E-state index is 0.158. The lowest BCUT2D eigenvalue weighted by atomic mass is 9.66. The van der Waals surface area contributed by atoms with Gasteiger partial charge < -0.3 is 31.9 Å². The van der Waals surface area contributed by atoms with Crippen LogP contribution in [0.25, 0.3) is 0 Å². The van der Waals surface area contributed by atoms with E-state index in [4.69, 9.17) is 0 Å². The average Bonchev–Trinajstić information content (AvgIpc) is 2.64. The number of nitrogens with one attached hydrogen (secondary N) is 6. The highest BCUT2D eigenvalue weighted by Gasteiger charge is 2.41. The van der Waals surface area contributed by atoms with Crippen molar-refractivity contribution in [1.82, 2.24) is 36.8 Å². The van der Waals surface area contributed by atoms with Gasteiger partial charge in [0.15, 0.2) is 0 Å². The highest BCUT2D eigenvalue weighted by molar-refractivity contribution is 4.96. The molecular weight excluding hydrogens is 374 g/mol. The van der Waals surface area contributed by atoms with Crippen LogP contribution in [0.4, 0.5) is 0 Å². The Kier molecular flexibility index (Phi) is 11.0. The zero-order chi connectivity index (χ0) is 22.0. The molecular formula is C23H51N7. The number of fused-ring (bicyclic) bond motifs is 18. The van der Waals surface area contributed by atoms with E-state index in [1.165, 1.54) is 0 Å². The first-order valence-corrected chi connectivity index (χ1v) is 12.2. The van der Waals surface area contributed by atoms with Gasteiger partial charge in [0.25, 0.3) is 0 Å². The van der Waals surface area contributed by atoms with Gasteiger partial charge in [-0.15, -0.1) is 0 Å². The van der Waals surface area contributed by atoms with Crippen molar-refractivity contribution in [3.8, 4) is 0 Å². The molecule has 0 aliphatic carbocycles. The molecule has 0 spiro atoms. The van der Waals surface area contributed by atoms with E-state index in [2.05, 4.69) is 78.3 Å². The van der Waals surface area contributed by atoms with Crippen LogP contribution in [0.5, 0.6) is 0 Å². The summed E-state index contributed by atoms with van der Waals surface area (Å²) in [7, 11) is 0. The predicted octanol–water partition coefficient (Wildman–Crippen LogP) is 0.667. The van der Waals surface area contributed by atoms with Crippen LogP contribution in [-0.2, 0) is 0 Å². The van der Waals surface area contributed by atoms with Crippen molar-refractivity contribution < 1.29 is 0 Å². The quantitative estimate of drug-likeness (QED) is 0.341. The fourth-order valence-corrected chi connectivity index (χ4v) is 4.45. The molecule has 6 N–H and O–H groups in total. The van der Waals surface area contributed by atoms with Crippen molar-refractivity contribution in [3.05, 3.63) is 0 Å². The summed E-state index contributed by atoms with van der Waals surface area (Å²) in [6, 6.07) is 0. The first kappa shape index (κ1) is 26.0. The second-order valence-corrected chi connectivity index (χ2v) is 11.2. The lowest BCUT2D eigenvalue weighted by Gasteiger charge is -2.46. The standard InChI is InChI=1S/C23H51N7/c1-19-7-24-13-23(22(4,5)6)14-25-8-20(2)11-28-17-30(16-27-10-19)18-29-12-21(3)9-26-15-23/h19-21,24-29H,7-18H2,1-6H3/t19-,20?,21?,23?/m0/s1. The normalized spacial score (nSPS) is 37.4. The van der Waals surface area contributed by atoms with E-state index in [0.717, 1.165) is 78.9 Å². The summed E-state index contributed by atoms with van der Waals surface area (Å²) in [6.07, 6.45) is 0. The summed E-state index contributed by atoms with van der Waals surface area (Å²) >= 11 is 0. The van der Waals surface area contributed by atoms with Crippen LogP contribution in [0.1, 0.15) is 41.5 Å². The monoisotopic (exact) mass is 425 g/mol. The van der Waals surface area contributed by atoms with Crippen LogP contribution in [-0.4, -0.2) is 83.8 Å². The van der Waals surface area contributed by atoms with Gasteiger partial charge in [-0.05, 0) is 42.8 Å². The lowest BCUT2D eigenvalue weighted by Crippen LogP contribution is -2.57. The van der Waals surface area contributed by atoms with Gasteiger partial charge in [-0.3, -0.25) is 4.90 Å². The maximum atomic E-state index is 3.84. The molecule has 7 nitrogen and oxygen atoms in total. The molecule has 0 aromatic heterocycles. The van der Waals surface area contributed by atoms with Crippen LogP contribution in [0.3, 0.4) is 0 Å². The summed E-state index contributed by atoms with van der Waals surface area (Å²) in [5, 5.41) is 22.6. The Morgan fingerprint density at radius 2 is 0.867 bits per heavy atom. The van der Waals surface area contributed by atoms with Gasteiger partial charge in [0, 0.05) is 44.7 Å². The van der Waals surface area contributed by atoms with Crippen LogP contribution < -0.4 is 31.9 Å². The van der Waals surface area contributed by atoms with E-state index in [1.54, 1.807) is 0 Å². The molecule has 7 heteroatoms. The van der Waals surface area contributed by atoms with Gasteiger partial charge >= 0.3 is 0 Å². The number of nitrogens with zero attached hydrogens (tertiary/aromatic N) is 1. The Morgan fingerprint density at radius 1 is 0.567 bits per heavy atom. The second-order valence-electron chi connectivity index (χ2n) is 11.2. The molecule has 0 aromatic rings. The molecule has 0 saturated carbocycles. The van der Waals surface area contributed by atoms with E-state index in [0.29, 0.717) is 17.8 Å². The summed E-state index contributed by atoms with van der Waals surface area (Å²) in [4.78, 5) is 2.43. The van der Waals surface area contributed by atoms with E-state index < -0.39 is 0 Å². The molecule has 3 rings (SSSR count). The molecule has 3 aliphatic rings. The molecule has 0 amide bonds. The van der Waals surface area contributed by atoms with E-state index in [9.17, 15) is 0 Å². The van der Waals surface area contributed by atoms with Crippen molar-refractivity contribution in [2.45, 2.75) is 41.5 Å². The SMILES string of the molecule is CC1CNCN2CNCC(C)CNCC(C(C)(C)C)(CNC1)CNC[C@H](C)CNC2. The zero-order valence-electron chi connectivity index (χ0n) is 20.7. The molecule has 3 saturated heterocycles. The Bertz CT molecular complexity index is 410. The third-order valence-corrected chi connectivity index (χ3v) is 6.94. The highest BCUT2D eigenvalue weighted by atomic mass is 15.3. The predicted molar refractivity (Wildman–Crippen MR) is 128 cm³/mol. The number of hydrogen-bond donors (Lipinski definition) is 6. The zero-order valence-corrected chi connectivity index (χ0v) is 20.7. The Hall–Kier alpha value is -0.280. The van der Waals surface area contributed by atoms with Gasteiger partial charge in [0.05, 0.1) is 20.0 Å². The minimum Gasteiger partial charge on any atom is -0.316 e. The molecule has 2 unspecified atom stereocenters. The molecule has 3 aliphatic heterocycles. The Morgan fingerprint density at radius 3 is 1.17 bits per heavy atom. The fourth-order valence-electron chi connectivity index (χ4n) is 4.45. The molecule has 178 valence electrons. The fraction of sp³-hybridized carbons (Fsp3) is 1.00. The van der Waals surface area contributed by atoms with Gasteiger partial charge in [0.2, 0.25) is 0 Å². The van der Waals surface area contributed by atoms with E-state index >= 15 is 0 Å². The van der Waals surface area contributed by atoms with Crippen LogP contribution in [0.2, 0.25) is 0 Å². The van der Waals surface area contributed by atoms with E-state index in [1.807, 2.05) is 0 Å². The Balaban J connectivity index is 2.23. The van der Waals surface area contributed by atoms with Gasteiger partial charge in [0.1, 0.15) is 0 Å². The third-order valence-electron chi connectivity index (χ3n) is 6.94. The summed E-state index contributed by atoms with van der Waals surface area (Å²) in [5.74, 6) is 1.81. The second kappa shape index (κ2) is 12.7. The summed E-state index contributed by atoms with van der Waals surface area (Å²) < 4.78 is 0. The summed E-state index contributed by atoms with van der Waals surface area (Å²) in [6.45, 7) is 26.3.